The fraction of sp³-hybridized carbons (Fsp3) is 0.600. The van der Waals surface area contributed by atoms with Gasteiger partial charge in [0, 0.05) is 0 Å². The predicted octanol–water partition coefficient (Wildman–Crippen LogP) is 2.97. The highest BCUT2D eigenvalue weighted by Crippen LogP contribution is 2.05. The van der Waals surface area contributed by atoms with E-state index in [0.717, 1.165) is 5.57 Å². The SMILES string of the molecule is CC(=CC(C)C)C=C(C)C[O]. The highest BCUT2D eigenvalue weighted by molar-refractivity contribution is 5.21. The molecule has 0 aromatic heterocycles. The Morgan fingerprint density at radius 2 is 1.91 bits per heavy atom. The normalized spacial score (nSPS) is 14.4. The van der Waals surface area contributed by atoms with Crippen molar-refractivity contribution >= 4 is 0 Å². The lowest BCUT2D eigenvalue weighted by Crippen LogP contribution is -1.85. The number of allylic oxidation sites excluding steroid dienone is 3. The van der Waals surface area contributed by atoms with Crippen molar-refractivity contribution in [1.82, 2.24) is 0 Å². The molecule has 0 atom stereocenters. The van der Waals surface area contributed by atoms with Crippen LogP contribution in [0.3, 0.4) is 0 Å². The predicted molar refractivity (Wildman–Crippen MR) is 47.9 cm³/mol. The zero-order chi connectivity index (χ0) is 8.85. The highest BCUT2D eigenvalue weighted by Gasteiger charge is 1.90. The van der Waals surface area contributed by atoms with Gasteiger partial charge in [0.15, 0.2) is 0 Å². The summed E-state index contributed by atoms with van der Waals surface area (Å²) in [5, 5.41) is 10.4. The largest absolute Gasteiger partial charge is 0.232 e. The zero-order valence-electron chi connectivity index (χ0n) is 7.85. The van der Waals surface area contributed by atoms with Gasteiger partial charge >= 0.3 is 0 Å². The molecule has 0 spiro atoms. The van der Waals surface area contributed by atoms with Gasteiger partial charge in [-0.1, -0.05) is 31.6 Å². The summed E-state index contributed by atoms with van der Waals surface area (Å²) in [4.78, 5) is 0. The molecule has 0 aliphatic carbocycles. The van der Waals surface area contributed by atoms with Crippen molar-refractivity contribution in [1.29, 1.82) is 0 Å². The van der Waals surface area contributed by atoms with Crippen molar-refractivity contribution in [3.05, 3.63) is 23.3 Å². The lowest BCUT2D eigenvalue weighted by atomic mass is 10.1. The van der Waals surface area contributed by atoms with Crippen LogP contribution in [0, 0.1) is 5.92 Å². The Morgan fingerprint density at radius 3 is 2.27 bits per heavy atom. The molecule has 0 fully saturated rings. The molecule has 1 heteroatoms. The summed E-state index contributed by atoms with van der Waals surface area (Å²) >= 11 is 0. The summed E-state index contributed by atoms with van der Waals surface area (Å²) < 4.78 is 0. The van der Waals surface area contributed by atoms with E-state index in [1.165, 1.54) is 5.57 Å². The summed E-state index contributed by atoms with van der Waals surface area (Å²) in [5.41, 5.74) is 2.09. The summed E-state index contributed by atoms with van der Waals surface area (Å²) in [6.45, 7) is 8.06. The van der Waals surface area contributed by atoms with Gasteiger partial charge in [-0.3, -0.25) is 0 Å². The van der Waals surface area contributed by atoms with E-state index in [1.807, 2.05) is 19.9 Å². The minimum Gasteiger partial charge on any atom is -0.232 e. The Bertz CT molecular complexity index is 164. The molecular weight excluding hydrogens is 136 g/mol. The third-order valence-corrected chi connectivity index (χ3v) is 1.30. The zero-order valence-corrected chi connectivity index (χ0v) is 7.85. The monoisotopic (exact) mass is 153 g/mol. The third kappa shape index (κ3) is 5.86. The van der Waals surface area contributed by atoms with Crippen LogP contribution in [-0.2, 0) is 5.11 Å². The molecule has 11 heavy (non-hydrogen) atoms. The maximum Gasteiger partial charge on any atom is 0.103 e. The Morgan fingerprint density at radius 1 is 1.36 bits per heavy atom. The first-order chi connectivity index (χ1) is 5.06. The molecule has 0 bridgehead atoms. The van der Waals surface area contributed by atoms with E-state index >= 15 is 0 Å². The highest BCUT2D eigenvalue weighted by atomic mass is 16.3. The molecule has 0 aliphatic heterocycles. The molecule has 0 unspecified atom stereocenters. The van der Waals surface area contributed by atoms with E-state index in [9.17, 15) is 5.11 Å². The number of hydrogen-bond acceptors (Lipinski definition) is 0. The van der Waals surface area contributed by atoms with Gasteiger partial charge in [0.1, 0.15) is 6.61 Å². The maximum atomic E-state index is 10.4. The van der Waals surface area contributed by atoms with Crippen molar-refractivity contribution in [2.75, 3.05) is 6.61 Å². The van der Waals surface area contributed by atoms with E-state index in [1.54, 1.807) is 0 Å². The Kier molecular flexibility index (Phi) is 4.88. The van der Waals surface area contributed by atoms with Crippen molar-refractivity contribution in [3.63, 3.8) is 0 Å². The molecule has 63 valence electrons. The Balaban J connectivity index is 4.15. The van der Waals surface area contributed by atoms with Gasteiger partial charge in [-0.05, 0) is 25.3 Å². The van der Waals surface area contributed by atoms with Gasteiger partial charge in [-0.2, -0.15) is 0 Å². The number of hydrogen-bond donors (Lipinski definition) is 0. The van der Waals surface area contributed by atoms with Crippen LogP contribution in [-0.4, -0.2) is 6.61 Å². The first-order valence-electron chi connectivity index (χ1n) is 4.00. The lowest BCUT2D eigenvalue weighted by Gasteiger charge is -1.98. The number of rotatable bonds is 3. The van der Waals surface area contributed by atoms with E-state index in [2.05, 4.69) is 19.9 Å². The van der Waals surface area contributed by atoms with E-state index in [-0.39, 0.29) is 6.61 Å². The molecule has 0 aromatic carbocycles. The molecule has 0 rings (SSSR count). The third-order valence-electron chi connectivity index (χ3n) is 1.30. The maximum absolute atomic E-state index is 10.4. The van der Waals surface area contributed by atoms with Crippen molar-refractivity contribution in [2.24, 2.45) is 5.92 Å². The van der Waals surface area contributed by atoms with Crippen LogP contribution in [0.25, 0.3) is 0 Å². The van der Waals surface area contributed by atoms with Gasteiger partial charge in [0.25, 0.3) is 0 Å². The average molecular weight is 153 g/mol. The minimum absolute atomic E-state index is 0.0940. The molecule has 0 heterocycles. The molecule has 0 aromatic rings. The standard InChI is InChI=1S/C10H17O/c1-8(2)5-9(3)6-10(4)7-11/h5-6,8H,7H2,1-4H3. The molecule has 0 amide bonds. The summed E-state index contributed by atoms with van der Waals surface area (Å²) in [5.74, 6) is 0.561. The summed E-state index contributed by atoms with van der Waals surface area (Å²) in [7, 11) is 0. The molecular formula is C10H17O. The second-order valence-electron chi connectivity index (χ2n) is 3.29. The van der Waals surface area contributed by atoms with Gasteiger partial charge in [-0.15, -0.1) is 0 Å². The molecule has 0 saturated carbocycles. The molecule has 1 radical (unpaired) electrons. The first-order valence-corrected chi connectivity index (χ1v) is 4.00. The van der Waals surface area contributed by atoms with Crippen LogP contribution < -0.4 is 0 Å². The fourth-order valence-corrected chi connectivity index (χ4v) is 1.00. The van der Waals surface area contributed by atoms with Crippen LogP contribution in [0.5, 0.6) is 0 Å². The van der Waals surface area contributed by atoms with Crippen molar-refractivity contribution in [2.45, 2.75) is 27.7 Å². The quantitative estimate of drug-likeness (QED) is 0.555. The van der Waals surface area contributed by atoms with Gasteiger partial charge in [0.05, 0.1) is 0 Å². The Hall–Kier alpha value is -0.560. The van der Waals surface area contributed by atoms with Crippen LogP contribution in [0.4, 0.5) is 0 Å². The topological polar surface area (TPSA) is 19.9 Å². The second kappa shape index (κ2) is 5.14. The Labute approximate surface area is 69.4 Å². The van der Waals surface area contributed by atoms with Crippen molar-refractivity contribution < 1.29 is 5.11 Å². The summed E-state index contributed by atoms with van der Waals surface area (Å²) in [6, 6.07) is 0. The molecule has 1 nitrogen and oxygen atoms in total. The van der Waals surface area contributed by atoms with Crippen LogP contribution in [0.2, 0.25) is 0 Å². The first kappa shape index (κ1) is 10.4. The molecule has 0 saturated heterocycles. The van der Waals surface area contributed by atoms with E-state index in [4.69, 9.17) is 0 Å². The van der Waals surface area contributed by atoms with Crippen molar-refractivity contribution in [3.8, 4) is 0 Å². The summed E-state index contributed by atoms with van der Waals surface area (Å²) in [6.07, 6.45) is 4.10. The van der Waals surface area contributed by atoms with E-state index < -0.39 is 0 Å². The minimum atomic E-state index is -0.0940. The second-order valence-corrected chi connectivity index (χ2v) is 3.29. The average Bonchev–Trinajstić information content (AvgIpc) is 1.85. The van der Waals surface area contributed by atoms with Gasteiger partial charge in [-0.25, -0.2) is 5.11 Å². The van der Waals surface area contributed by atoms with Gasteiger partial charge in [0.2, 0.25) is 0 Å². The van der Waals surface area contributed by atoms with Gasteiger partial charge < -0.3 is 0 Å². The molecule has 0 aliphatic rings. The van der Waals surface area contributed by atoms with E-state index in [0.29, 0.717) is 5.92 Å². The van der Waals surface area contributed by atoms with Crippen LogP contribution in [0.15, 0.2) is 23.3 Å². The smallest absolute Gasteiger partial charge is 0.103 e. The fourth-order valence-electron chi connectivity index (χ4n) is 1.00. The lowest BCUT2D eigenvalue weighted by molar-refractivity contribution is 0.223. The molecule has 0 N–H and O–H groups in total. The van der Waals surface area contributed by atoms with Crippen LogP contribution in [0.1, 0.15) is 27.7 Å². The van der Waals surface area contributed by atoms with Crippen LogP contribution >= 0.6 is 0 Å².